The Kier molecular flexibility index (Phi) is 6.02. The van der Waals surface area contributed by atoms with Crippen LogP contribution in [-0.4, -0.2) is 43.6 Å². The van der Waals surface area contributed by atoms with E-state index in [2.05, 4.69) is 10.2 Å². The van der Waals surface area contributed by atoms with Gasteiger partial charge in [0.1, 0.15) is 11.4 Å². The number of amides is 1. The van der Waals surface area contributed by atoms with Crippen LogP contribution < -0.4 is 10.1 Å². The van der Waals surface area contributed by atoms with Crippen molar-refractivity contribution in [1.29, 1.82) is 0 Å². The highest BCUT2D eigenvalue weighted by Gasteiger charge is 2.17. The van der Waals surface area contributed by atoms with E-state index in [-0.39, 0.29) is 11.5 Å². The Balaban J connectivity index is 2.63. The molecule has 0 aliphatic heterocycles. The standard InChI is InChI=1S/C16H26N2O2/c1-16(2,3)20-14-10-7-6-9-13(14)15(19)17-11-8-12-18(4)5/h6-7,9-10H,8,11-12H2,1-5H3,(H,17,19). The first kappa shape index (κ1) is 16.5. The third kappa shape index (κ3) is 6.06. The molecule has 0 saturated carbocycles. The maximum atomic E-state index is 12.2. The second kappa shape index (κ2) is 7.29. The lowest BCUT2D eigenvalue weighted by molar-refractivity contribution is 0.0931. The first-order valence-corrected chi connectivity index (χ1v) is 7.00. The molecule has 0 aliphatic rings. The highest BCUT2D eigenvalue weighted by atomic mass is 16.5. The molecule has 0 aromatic heterocycles. The molecule has 112 valence electrons. The van der Waals surface area contributed by atoms with Gasteiger partial charge < -0.3 is 15.0 Å². The monoisotopic (exact) mass is 278 g/mol. The van der Waals surface area contributed by atoms with E-state index in [0.29, 0.717) is 17.9 Å². The molecule has 0 atom stereocenters. The fourth-order valence-electron chi connectivity index (χ4n) is 1.77. The summed E-state index contributed by atoms with van der Waals surface area (Å²) in [6, 6.07) is 7.36. The number of nitrogens with zero attached hydrogens (tertiary/aromatic N) is 1. The van der Waals surface area contributed by atoms with Gasteiger partial charge in [-0.1, -0.05) is 12.1 Å². The van der Waals surface area contributed by atoms with Crippen molar-refractivity contribution >= 4 is 5.91 Å². The van der Waals surface area contributed by atoms with Gasteiger partial charge in [0, 0.05) is 6.54 Å². The number of carbonyl (C=O) groups excluding carboxylic acids is 1. The Labute approximate surface area is 122 Å². The van der Waals surface area contributed by atoms with Gasteiger partial charge in [-0.15, -0.1) is 0 Å². The number of ether oxygens (including phenoxy) is 1. The van der Waals surface area contributed by atoms with Crippen LogP contribution in [0, 0.1) is 0 Å². The number of carbonyl (C=O) groups is 1. The minimum absolute atomic E-state index is 0.0800. The zero-order valence-electron chi connectivity index (χ0n) is 13.2. The van der Waals surface area contributed by atoms with Gasteiger partial charge in [0.2, 0.25) is 0 Å². The molecule has 1 aromatic rings. The zero-order valence-corrected chi connectivity index (χ0v) is 13.2. The lowest BCUT2D eigenvalue weighted by Crippen LogP contribution is -2.29. The fourth-order valence-corrected chi connectivity index (χ4v) is 1.77. The Morgan fingerprint density at radius 2 is 1.90 bits per heavy atom. The number of rotatable bonds is 6. The van der Waals surface area contributed by atoms with Crippen LogP contribution in [0.25, 0.3) is 0 Å². The highest BCUT2D eigenvalue weighted by Crippen LogP contribution is 2.22. The second-order valence-electron chi connectivity index (χ2n) is 6.12. The molecule has 1 aromatic carbocycles. The molecular weight excluding hydrogens is 252 g/mol. The van der Waals surface area contributed by atoms with Gasteiger partial charge in [0.15, 0.2) is 0 Å². The molecule has 4 nitrogen and oxygen atoms in total. The molecule has 0 bridgehead atoms. The summed E-state index contributed by atoms with van der Waals surface area (Å²) in [5.74, 6) is 0.550. The summed E-state index contributed by atoms with van der Waals surface area (Å²) in [5, 5.41) is 2.93. The van der Waals surface area contributed by atoms with Crippen LogP contribution in [0.4, 0.5) is 0 Å². The average Bonchev–Trinajstić information content (AvgIpc) is 2.33. The normalized spacial score (nSPS) is 11.5. The number of nitrogens with one attached hydrogen (secondary N) is 1. The van der Waals surface area contributed by atoms with Gasteiger partial charge in [0.05, 0.1) is 5.56 Å². The molecule has 0 fully saturated rings. The third-order valence-electron chi connectivity index (χ3n) is 2.62. The molecule has 0 spiro atoms. The van der Waals surface area contributed by atoms with Crippen LogP contribution in [0.2, 0.25) is 0 Å². The second-order valence-corrected chi connectivity index (χ2v) is 6.12. The van der Waals surface area contributed by atoms with Crippen LogP contribution in [0.5, 0.6) is 5.75 Å². The van der Waals surface area contributed by atoms with Crippen molar-refractivity contribution in [2.75, 3.05) is 27.2 Å². The number of hydrogen-bond acceptors (Lipinski definition) is 3. The SMILES string of the molecule is CN(C)CCCNC(=O)c1ccccc1OC(C)(C)C. The molecule has 20 heavy (non-hydrogen) atoms. The Morgan fingerprint density at radius 1 is 1.25 bits per heavy atom. The summed E-state index contributed by atoms with van der Waals surface area (Å²) in [5.41, 5.74) is 0.272. The number of para-hydroxylation sites is 1. The van der Waals surface area contributed by atoms with Crippen LogP contribution in [0.1, 0.15) is 37.6 Å². The molecule has 4 heteroatoms. The lowest BCUT2D eigenvalue weighted by atomic mass is 10.1. The van der Waals surface area contributed by atoms with Crippen molar-refractivity contribution in [3.63, 3.8) is 0 Å². The van der Waals surface area contributed by atoms with Gasteiger partial charge in [-0.2, -0.15) is 0 Å². The molecule has 0 heterocycles. The summed E-state index contributed by atoms with van der Waals surface area (Å²) in [6.45, 7) is 7.54. The van der Waals surface area contributed by atoms with Gasteiger partial charge in [-0.25, -0.2) is 0 Å². The van der Waals surface area contributed by atoms with Crippen molar-refractivity contribution in [2.24, 2.45) is 0 Å². The highest BCUT2D eigenvalue weighted by molar-refractivity contribution is 5.96. The predicted octanol–water partition coefficient (Wildman–Crippen LogP) is 2.55. The van der Waals surface area contributed by atoms with E-state index in [9.17, 15) is 4.79 Å². The summed E-state index contributed by atoms with van der Waals surface area (Å²) in [4.78, 5) is 14.3. The topological polar surface area (TPSA) is 41.6 Å². The quantitative estimate of drug-likeness (QED) is 0.813. The molecule has 0 radical (unpaired) electrons. The predicted molar refractivity (Wildman–Crippen MR) is 82.3 cm³/mol. The first-order chi connectivity index (χ1) is 9.29. The van der Waals surface area contributed by atoms with E-state index >= 15 is 0 Å². The number of hydrogen-bond donors (Lipinski definition) is 1. The molecular formula is C16H26N2O2. The molecule has 0 aliphatic carbocycles. The minimum Gasteiger partial charge on any atom is -0.487 e. The van der Waals surface area contributed by atoms with Crippen molar-refractivity contribution in [2.45, 2.75) is 32.8 Å². The van der Waals surface area contributed by atoms with Crippen molar-refractivity contribution < 1.29 is 9.53 Å². The van der Waals surface area contributed by atoms with E-state index in [1.165, 1.54) is 0 Å². The van der Waals surface area contributed by atoms with Crippen LogP contribution in [0.3, 0.4) is 0 Å². The van der Waals surface area contributed by atoms with Crippen LogP contribution in [0.15, 0.2) is 24.3 Å². The van der Waals surface area contributed by atoms with Crippen molar-refractivity contribution in [3.8, 4) is 5.75 Å². The average molecular weight is 278 g/mol. The van der Waals surface area contributed by atoms with Gasteiger partial charge in [0.25, 0.3) is 5.91 Å². The molecule has 0 saturated heterocycles. The fraction of sp³-hybridized carbons (Fsp3) is 0.562. The van der Waals surface area contributed by atoms with Gasteiger partial charge in [-0.05, 0) is 60.0 Å². The molecule has 1 rings (SSSR count). The maximum absolute atomic E-state index is 12.2. The van der Waals surface area contributed by atoms with Crippen molar-refractivity contribution in [1.82, 2.24) is 10.2 Å². The van der Waals surface area contributed by atoms with E-state index in [1.54, 1.807) is 6.07 Å². The van der Waals surface area contributed by atoms with E-state index in [4.69, 9.17) is 4.74 Å². The number of benzene rings is 1. The van der Waals surface area contributed by atoms with E-state index in [1.807, 2.05) is 53.1 Å². The third-order valence-corrected chi connectivity index (χ3v) is 2.62. The van der Waals surface area contributed by atoms with Gasteiger partial charge >= 0.3 is 0 Å². The van der Waals surface area contributed by atoms with E-state index < -0.39 is 0 Å². The Morgan fingerprint density at radius 3 is 2.50 bits per heavy atom. The van der Waals surface area contributed by atoms with Crippen LogP contribution >= 0.6 is 0 Å². The summed E-state index contributed by atoms with van der Waals surface area (Å²) in [6.07, 6.45) is 0.932. The van der Waals surface area contributed by atoms with Crippen LogP contribution in [-0.2, 0) is 0 Å². The first-order valence-electron chi connectivity index (χ1n) is 7.00. The summed E-state index contributed by atoms with van der Waals surface area (Å²) >= 11 is 0. The minimum atomic E-state index is -0.318. The van der Waals surface area contributed by atoms with E-state index in [0.717, 1.165) is 13.0 Å². The van der Waals surface area contributed by atoms with Crippen molar-refractivity contribution in [3.05, 3.63) is 29.8 Å². The maximum Gasteiger partial charge on any atom is 0.255 e. The largest absolute Gasteiger partial charge is 0.487 e. The molecule has 1 amide bonds. The Hall–Kier alpha value is -1.55. The van der Waals surface area contributed by atoms with Gasteiger partial charge in [-0.3, -0.25) is 4.79 Å². The smallest absolute Gasteiger partial charge is 0.255 e. The summed E-state index contributed by atoms with van der Waals surface area (Å²) in [7, 11) is 4.04. The lowest BCUT2D eigenvalue weighted by Gasteiger charge is -2.23. The zero-order chi connectivity index (χ0) is 15.2. The molecule has 0 unspecified atom stereocenters. The molecule has 1 N–H and O–H groups in total. The summed E-state index contributed by atoms with van der Waals surface area (Å²) < 4.78 is 5.83. The Bertz CT molecular complexity index is 436.